The number of aliphatic hydroxyl groups is 1. The van der Waals surface area contributed by atoms with Gasteiger partial charge in [-0.25, -0.2) is 13.2 Å². The molecule has 2 rings (SSSR count). The number of aliphatic hydroxyl groups excluding tert-OH is 1. The van der Waals surface area contributed by atoms with Crippen molar-refractivity contribution in [2.24, 2.45) is 0 Å². The van der Waals surface area contributed by atoms with Gasteiger partial charge in [-0.05, 0) is 28.1 Å². The van der Waals surface area contributed by atoms with Crippen LogP contribution < -0.4 is 0 Å². The van der Waals surface area contributed by atoms with E-state index in [2.05, 4.69) is 15.9 Å². The van der Waals surface area contributed by atoms with Crippen LogP contribution in [0.2, 0.25) is 0 Å². The molecular weight excluding hydrogens is 309 g/mol. The Hall–Kier alpha value is -1.33. The van der Waals surface area contributed by atoms with Gasteiger partial charge >= 0.3 is 0 Å². The van der Waals surface area contributed by atoms with E-state index in [1.807, 2.05) is 0 Å². The Morgan fingerprint density at radius 3 is 2.33 bits per heavy atom. The second kappa shape index (κ2) is 5.12. The van der Waals surface area contributed by atoms with E-state index in [0.29, 0.717) is 6.07 Å². The van der Waals surface area contributed by atoms with Gasteiger partial charge in [-0.1, -0.05) is 18.2 Å². The van der Waals surface area contributed by atoms with Gasteiger partial charge in [-0.2, -0.15) is 0 Å². The van der Waals surface area contributed by atoms with E-state index in [1.165, 1.54) is 18.2 Å². The van der Waals surface area contributed by atoms with Crippen molar-refractivity contribution < 1.29 is 18.3 Å². The second-order valence-corrected chi connectivity index (χ2v) is 4.50. The fourth-order valence-electron chi connectivity index (χ4n) is 1.62. The molecule has 0 bridgehead atoms. The fourth-order valence-corrected chi connectivity index (χ4v) is 2.10. The summed E-state index contributed by atoms with van der Waals surface area (Å²) >= 11 is 2.99. The minimum Gasteiger partial charge on any atom is -0.384 e. The summed E-state index contributed by atoms with van der Waals surface area (Å²) in [6, 6.07) is 6.91. The van der Waals surface area contributed by atoms with Gasteiger partial charge in [0.1, 0.15) is 23.6 Å². The summed E-state index contributed by atoms with van der Waals surface area (Å²) in [5.41, 5.74) is 0.0724. The summed E-state index contributed by atoms with van der Waals surface area (Å²) in [6.07, 6.45) is -1.37. The molecule has 0 heterocycles. The molecular formula is C13H8BrF3O. The summed E-state index contributed by atoms with van der Waals surface area (Å²) < 4.78 is 39.6. The zero-order chi connectivity index (χ0) is 13.3. The molecule has 0 aliphatic carbocycles. The van der Waals surface area contributed by atoms with Crippen molar-refractivity contribution in [3.63, 3.8) is 0 Å². The molecule has 0 saturated carbocycles. The Morgan fingerprint density at radius 2 is 1.67 bits per heavy atom. The molecule has 0 radical (unpaired) electrons. The van der Waals surface area contributed by atoms with Crippen molar-refractivity contribution in [2.45, 2.75) is 6.10 Å². The Kier molecular flexibility index (Phi) is 3.73. The van der Waals surface area contributed by atoms with E-state index in [0.717, 1.165) is 12.1 Å². The fraction of sp³-hybridized carbons (Fsp3) is 0.0769. The molecule has 18 heavy (non-hydrogen) atoms. The Balaban J connectivity index is 2.48. The molecule has 1 unspecified atom stereocenters. The molecule has 1 N–H and O–H groups in total. The smallest absolute Gasteiger partial charge is 0.137 e. The maximum absolute atomic E-state index is 13.5. The quantitative estimate of drug-likeness (QED) is 0.889. The van der Waals surface area contributed by atoms with E-state index in [9.17, 15) is 18.3 Å². The molecule has 2 aromatic carbocycles. The maximum Gasteiger partial charge on any atom is 0.137 e. The maximum atomic E-state index is 13.5. The lowest BCUT2D eigenvalue weighted by Gasteiger charge is -2.14. The zero-order valence-corrected chi connectivity index (χ0v) is 10.6. The SMILES string of the molecule is OC(c1ccc(F)cc1F)c1cccc(F)c1Br. The lowest BCUT2D eigenvalue weighted by molar-refractivity contribution is 0.213. The first-order chi connectivity index (χ1) is 8.50. The summed E-state index contributed by atoms with van der Waals surface area (Å²) in [4.78, 5) is 0. The molecule has 0 aliphatic heterocycles. The Bertz CT molecular complexity index is 586. The molecule has 0 amide bonds. The van der Waals surface area contributed by atoms with Gasteiger partial charge in [-0.15, -0.1) is 0 Å². The van der Waals surface area contributed by atoms with Crippen LogP contribution in [0, 0.1) is 17.5 Å². The predicted octanol–water partition coefficient (Wildman–Crippen LogP) is 3.95. The zero-order valence-electron chi connectivity index (χ0n) is 9.00. The Labute approximate surface area is 110 Å². The van der Waals surface area contributed by atoms with Crippen LogP contribution >= 0.6 is 15.9 Å². The van der Waals surface area contributed by atoms with Gasteiger partial charge in [0, 0.05) is 17.2 Å². The van der Waals surface area contributed by atoms with Crippen LogP contribution in [-0.4, -0.2) is 5.11 Å². The highest BCUT2D eigenvalue weighted by Gasteiger charge is 2.19. The molecule has 0 spiro atoms. The topological polar surface area (TPSA) is 20.2 Å². The van der Waals surface area contributed by atoms with Gasteiger partial charge in [0.05, 0.1) is 4.47 Å². The van der Waals surface area contributed by atoms with Crippen molar-refractivity contribution in [3.05, 3.63) is 69.4 Å². The van der Waals surface area contributed by atoms with E-state index in [4.69, 9.17) is 0 Å². The summed E-state index contributed by atoms with van der Waals surface area (Å²) in [7, 11) is 0. The van der Waals surface area contributed by atoms with Crippen LogP contribution in [-0.2, 0) is 0 Å². The highest BCUT2D eigenvalue weighted by molar-refractivity contribution is 9.10. The van der Waals surface area contributed by atoms with Crippen molar-refractivity contribution in [1.29, 1.82) is 0 Å². The number of benzene rings is 2. The molecule has 94 valence electrons. The van der Waals surface area contributed by atoms with Gasteiger partial charge in [0.15, 0.2) is 0 Å². The molecule has 0 fully saturated rings. The van der Waals surface area contributed by atoms with Crippen LogP contribution in [0.5, 0.6) is 0 Å². The minimum atomic E-state index is -1.37. The van der Waals surface area contributed by atoms with Crippen molar-refractivity contribution in [2.75, 3.05) is 0 Å². The van der Waals surface area contributed by atoms with E-state index < -0.39 is 23.6 Å². The number of hydrogen-bond acceptors (Lipinski definition) is 1. The number of halogens is 4. The van der Waals surface area contributed by atoms with E-state index in [-0.39, 0.29) is 15.6 Å². The molecule has 2 aromatic rings. The second-order valence-electron chi connectivity index (χ2n) is 3.71. The van der Waals surface area contributed by atoms with Crippen LogP contribution in [0.15, 0.2) is 40.9 Å². The molecule has 0 saturated heterocycles. The van der Waals surface area contributed by atoms with Gasteiger partial charge in [-0.3, -0.25) is 0 Å². The van der Waals surface area contributed by atoms with Gasteiger partial charge in [0.2, 0.25) is 0 Å². The van der Waals surface area contributed by atoms with Crippen molar-refractivity contribution >= 4 is 15.9 Å². The van der Waals surface area contributed by atoms with Crippen molar-refractivity contribution in [1.82, 2.24) is 0 Å². The molecule has 1 atom stereocenters. The first kappa shape index (κ1) is 13.1. The monoisotopic (exact) mass is 316 g/mol. The summed E-state index contributed by atoms with van der Waals surface area (Å²) in [5, 5.41) is 10.0. The first-order valence-electron chi connectivity index (χ1n) is 5.07. The lowest BCUT2D eigenvalue weighted by Crippen LogP contribution is -2.04. The number of rotatable bonds is 2. The molecule has 5 heteroatoms. The molecule has 0 aliphatic rings. The number of hydrogen-bond donors (Lipinski definition) is 1. The predicted molar refractivity (Wildman–Crippen MR) is 64.5 cm³/mol. The lowest BCUT2D eigenvalue weighted by atomic mass is 10.0. The van der Waals surface area contributed by atoms with Crippen LogP contribution in [0.4, 0.5) is 13.2 Å². The average Bonchev–Trinajstić information content (AvgIpc) is 2.32. The standard InChI is InChI=1S/C13H8BrF3O/c14-12-9(2-1-3-10(12)16)13(18)8-5-4-7(15)6-11(8)17/h1-6,13,18H. The Morgan fingerprint density at radius 1 is 0.944 bits per heavy atom. The third kappa shape index (κ3) is 2.42. The van der Waals surface area contributed by atoms with Gasteiger partial charge < -0.3 is 5.11 Å². The normalized spacial score (nSPS) is 12.5. The summed E-state index contributed by atoms with van der Waals surface area (Å²) in [5.74, 6) is -2.17. The van der Waals surface area contributed by atoms with Crippen LogP contribution in [0.3, 0.4) is 0 Å². The van der Waals surface area contributed by atoms with Gasteiger partial charge in [0.25, 0.3) is 0 Å². The molecule has 1 nitrogen and oxygen atoms in total. The van der Waals surface area contributed by atoms with E-state index in [1.54, 1.807) is 0 Å². The first-order valence-corrected chi connectivity index (χ1v) is 5.87. The van der Waals surface area contributed by atoms with Crippen LogP contribution in [0.1, 0.15) is 17.2 Å². The van der Waals surface area contributed by atoms with Crippen molar-refractivity contribution in [3.8, 4) is 0 Å². The third-order valence-electron chi connectivity index (χ3n) is 2.53. The molecule has 0 aromatic heterocycles. The van der Waals surface area contributed by atoms with Crippen LogP contribution in [0.25, 0.3) is 0 Å². The third-order valence-corrected chi connectivity index (χ3v) is 3.37. The highest BCUT2D eigenvalue weighted by Crippen LogP contribution is 2.31. The largest absolute Gasteiger partial charge is 0.384 e. The van der Waals surface area contributed by atoms with E-state index >= 15 is 0 Å². The summed E-state index contributed by atoms with van der Waals surface area (Å²) in [6.45, 7) is 0. The average molecular weight is 317 g/mol. The minimum absolute atomic E-state index is 0.0567. The highest BCUT2D eigenvalue weighted by atomic mass is 79.9.